The van der Waals surface area contributed by atoms with Crippen molar-refractivity contribution < 1.29 is 9.53 Å². The first-order valence-electron chi connectivity index (χ1n) is 10.4. The number of hydrogen-bond acceptors (Lipinski definition) is 6. The van der Waals surface area contributed by atoms with Gasteiger partial charge in [-0.2, -0.15) is 0 Å². The van der Waals surface area contributed by atoms with Crippen LogP contribution in [0.1, 0.15) is 31.2 Å². The Bertz CT molecular complexity index is 964. The number of anilines is 1. The lowest BCUT2D eigenvalue weighted by molar-refractivity contribution is -0.119. The summed E-state index contributed by atoms with van der Waals surface area (Å²) in [4.78, 5) is 27.7. The highest BCUT2D eigenvalue weighted by atomic mass is 16.5. The highest BCUT2D eigenvalue weighted by molar-refractivity contribution is 5.72. The number of nitrogens with zero attached hydrogens (tertiary/aromatic N) is 4. The third kappa shape index (κ3) is 3.08. The second kappa shape index (κ2) is 6.76. The Kier molecular flexibility index (Phi) is 4.31. The summed E-state index contributed by atoms with van der Waals surface area (Å²) in [6, 6.07) is 6.04. The van der Waals surface area contributed by atoms with Crippen molar-refractivity contribution in [1.29, 1.82) is 0 Å². The molecule has 2 aromatic heterocycles. The van der Waals surface area contributed by atoms with Crippen molar-refractivity contribution >= 4 is 11.9 Å². The molecule has 2 bridgehead atoms. The molecule has 3 aliphatic heterocycles. The molecule has 0 aromatic carbocycles. The molecular weight excluding hydrogens is 366 g/mol. The van der Waals surface area contributed by atoms with E-state index in [0.29, 0.717) is 18.4 Å². The first-order valence-corrected chi connectivity index (χ1v) is 10.4. The summed E-state index contributed by atoms with van der Waals surface area (Å²) in [6.45, 7) is 7.97. The van der Waals surface area contributed by atoms with Crippen molar-refractivity contribution in [1.82, 2.24) is 20.3 Å². The molecule has 1 spiro atoms. The Balaban J connectivity index is 1.40. The van der Waals surface area contributed by atoms with Crippen LogP contribution in [0, 0.1) is 25.7 Å². The Labute approximate surface area is 170 Å². The third-order valence-corrected chi connectivity index (χ3v) is 6.80. The molecule has 4 atom stereocenters. The zero-order valence-electron chi connectivity index (χ0n) is 17.2. The zero-order chi connectivity index (χ0) is 20.2. The molecule has 3 saturated heterocycles. The first kappa shape index (κ1) is 18.5. The molecule has 5 rings (SSSR count). The van der Waals surface area contributed by atoms with Gasteiger partial charge in [0.1, 0.15) is 0 Å². The fourth-order valence-corrected chi connectivity index (χ4v) is 5.49. The number of carbonyl (C=O) groups excluding carboxylic acids is 1. The van der Waals surface area contributed by atoms with E-state index >= 15 is 0 Å². The smallest absolute Gasteiger partial charge is 0.225 e. The molecule has 0 aliphatic carbocycles. The lowest BCUT2D eigenvalue weighted by Gasteiger charge is -2.29. The van der Waals surface area contributed by atoms with E-state index in [1.165, 1.54) is 0 Å². The van der Waals surface area contributed by atoms with E-state index in [2.05, 4.69) is 26.3 Å². The molecule has 0 saturated carbocycles. The van der Waals surface area contributed by atoms with Crippen molar-refractivity contribution in [3.05, 3.63) is 35.8 Å². The quantitative estimate of drug-likeness (QED) is 0.858. The van der Waals surface area contributed by atoms with E-state index in [0.717, 1.165) is 54.5 Å². The minimum Gasteiger partial charge on any atom is -0.369 e. The summed E-state index contributed by atoms with van der Waals surface area (Å²) < 4.78 is 6.47. The molecule has 0 radical (unpaired) electrons. The number of hydrogen-bond donors (Lipinski definition) is 1. The van der Waals surface area contributed by atoms with Gasteiger partial charge in [0.25, 0.3) is 0 Å². The number of nitrogens with one attached hydrogen (secondary N) is 1. The minimum absolute atomic E-state index is 0.0230. The van der Waals surface area contributed by atoms with Crippen molar-refractivity contribution in [3.63, 3.8) is 0 Å². The van der Waals surface area contributed by atoms with Crippen molar-refractivity contribution in [3.8, 4) is 11.3 Å². The van der Waals surface area contributed by atoms with Crippen LogP contribution < -0.4 is 10.2 Å². The van der Waals surface area contributed by atoms with Crippen LogP contribution in [0.3, 0.4) is 0 Å². The number of carbonyl (C=O) groups is 1. The maximum absolute atomic E-state index is 11.4. The molecule has 152 valence electrons. The van der Waals surface area contributed by atoms with Crippen LogP contribution >= 0.6 is 0 Å². The molecule has 3 fully saturated rings. The molecule has 7 heteroatoms. The lowest BCUT2D eigenvalue weighted by atomic mass is 9.73. The maximum atomic E-state index is 11.4. The number of amides is 1. The molecule has 2 aromatic rings. The van der Waals surface area contributed by atoms with Gasteiger partial charge in [0, 0.05) is 55.0 Å². The van der Waals surface area contributed by atoms with Crippen molar-refractivity contribution in [2.45, 2.75) is 45.3 Å². The SMILES string of the molecule is CC(=O)NC[C@H]1[C@H]2CN(c3nccc(-c4ccc(C)nc4C)n3)C[C@]23CC[C@H]1O3. The maximum Gasteiger partial charge on any atom is 0.225 e. The van der Waals surface area contributed by atoms with E-state index in [4.69, 9.17) is 9.72 Å². The molecule has 1 amide bonds. The van der Waals surface area contributed by atoms with E-state index < -0.39 is 0 Å². The Morgan fingerprint density at radius 2 is 2.17 bits per heavy atom. The van der Waals surface area contributed by atoms with Crippen LogP contribution in [0.2, 0.25) is 0 Å². The molecule has 7 nitrogen and oxygen atoms in total. The standard InChI is InChI=1S/C22H27N5O2/c1-13-4-5-16(14(2)25-13)19-7-9-23-21(26-19)27-11-18-17(10-24-15(3)28)20-6-8-22(18,12-27)29-20/h4-5,7,9,17-18,20H,6,8,10-12H2,1-3H3,(H,24,28)/t17-,18+,20+,22+/m0/s1. The van der Waals surface area contributed by atoms with Gasteiger partial charge in [-0.25, -0.2) is 9.97 Å². The Morgan fingerprint density at radius 1 is 1.31 bits per heavy atom. The highest BCUT2D eigenvalue weighted by Gasteiger charge is 2.63. The van der Waals surface area contributed by atoms with Gasteiger partial charge in [-0.15, -0.1) is 0 Å². The summed E-state index contributed by atoms with van der Waals surface area (Å²) in [5, 5.41) is 3.00. The number of pyridine rings is 1. The van der Waals surface area contributed by atoms with Crippen LogP contribution in [0.4, 0.5) is 5.95 Å². The summed E-state index contributed by atoms with van der Waals surface area (Å²) in [5.41, 5.74) is 3.80. The van der Waals surface area contributed by atoms with Gasteiger partial charge >= 0.3 is 0 Å². The third-order valence-electron chi connectivity index (χ3n) is 6.80. The largest absolute Gasteiger partial charge is 0.369 e. The van der Waals surface area contributed by atoms with Gasteiger partial charge in [-0.3, -0.25) is 9.78 Å². The normalized spacial score (nSPS) is 29.9. The predicted octanol–water partition coefficient (Wildman–Crippen LogP) is 2.28. The minimum atomic E-state index is -0.117. The second-order valence-corrected chi connectivity index (χ2v) is 8.68. The number of aryl methyl sites for hydroxylation is 2. The van der Waals surface area contributed by atoms with Crippen LogP contribution in [0.25, 0.3) is 11.3 Å². The van der Waals surface area contributed by atoms with E-state index in [-0.39, 0.29) is 17.6 Å². The van der Waals surface area contributed by atoms with E-state index in [9.17, 15) is 4.79 Å². The topological polar surface area (TPSA) is 80.2 Å². The van der Waals surface area contributed by atoms with E-state index in [1.54, 1.807) is 6.92 Å². The van der Waals surface area contributed by atoms with Gasteiger partial charge in [-0.05, 0) is 44.9 Å². The zero-order valence-corrected chi connectivity index (χ0v) is 17.2. The van der Waals surface area contributed by atoms with Crippen LogP contribution in [-0.2, 0) is 9.53 Å². The van der Waals surface area contributed by atoms with Crippen LogP contribution in [0.15, 0.2) is 24.4 Å². The molecule has 29 heavy (non-hydrogen) atoms. The fourth-order valence-electron chi connectivity index (χ4n) is 5.49. The predicted molar refractivity (Wildman–Crippen MR) is 109 cm³/mol. The van der Waals surface area contributed by atoms with Gasteiger partial charge in [-0.1, -0.05) is 0 Å². The van der Waals surface area contributed by atoms with Crippen LogP contribution in [-0.4, -0.2) is 52.2 Å². The molecule has 3 aliphatic rings. The molecule has 5 heterocycles. The van der Waals surface area contributed by atoms with Gasteiger partial charge < -0.3 is 15.0 Å². The summed E-state index contributed by atoms with van der Waals surface area (Å²) in [6.07, 6.45) is 4.25. The number of rotatable bonds is 4. The number of fused-ring (bicyclic) bond motifs is 1. The highest BCUT2D eigenvalue weighted by Crippen LogP contribution is 2.55. The Morgan fingerprint density at radius 3 is 2.97 bits per heavy atom. The summed E-state index contributed by atoms with van der Waals surface area (Å²) >= 11 is 0. The van der Waals surface area contributed by atoms with E-state index in [1.807, 2.05) is 32.2 Å². The van der Waals surface area contributed by atoms with Crippen molar-refractivity contribution in [2.75, 3.05) is 24.5 Å². The number of ether oxygens (including phenoxy) is 1. The fraction of sp³-hybridized carbons (Fsp3) is 0.545. The molecule has 1 N–H and O–H groups in total. The monoisotopic (exact) mass is 393 g/mol. The van der Waals surface area contributed by atoms with Gasteiger partial charge in [0.15, 0.2) is 0 Å². The Hall–Kier alpha value is -2.54. The molecular formula is C22H27N5O2. The second-order valence-electron chi connectivity index (χ2n) is 8.68. The average Bonchev–Trinajstić information content (AvgIpc) is 3.35. The summed E-state index contributed by atoms with van der Waals surface area (Å²) in [5.74, 6) is 1.54. The number of aromatic nitrogens is 3. The first-order chi connectivity index (χ1) is 13.9. The van der Waals surface area contributed by atoms with Gasteiger partial charge in [0.05, 0.1) is 23.9 Å². The molecule has 0 unspecified atom stereocenters. The van der Waals surface area contributed by atoms with Gasteiger partial charge in [0.2, 0.25) is 11.9 Å². The lowest BCUT2D eigenvalue weighted by Crippen LogP contribution is -2.41. The van der Waals surface area contributed by atoms with Crippen LogP contribution in [0.5, 0.6) is 0 Å². The van der Waals surface area contributed by atoms with Crippen molar-refractivity contribution in [2.24, 2.45) is 11.8 Å². The summed E-state index contributed by atoms with van der Waals surface area (Å²) in [7, 11) is 0. The average molecular weight is 393 g/mol.